The van der Waals surface area contributed by atoms with E-state index in [2.05, 4.69) is 15.6 Å². The summed E-state index contributed by atoms with van der Waals surface area (Å²) in [7, 11) is 0. The molecule has 1 aromatic carbocycles. The quantitative estimate of drug-likeness (QED) is 0.599. The predicted molar refractivity (Wildman–Crippen MR) is 120 cm³/mol. The van der Waals surface area contributed by atoms with Crippen molar-refractivity contribution in [2.45, 2.75) is 57.2 Å². The fraction of sp³-hybridized carbons (Fsp3) is 0.375. The molecule has 0 bridgehead atoms. The molecule has 9 heteroatoms. The number of fused-ring (bicyclic) bond motifs is 2. The van der Waals surface area contributed by atoms with Gasteiger partial charge in [0.05, 0.1) is 0 Å². The molecule has 33 heavy (non-hydrogen) atoms. The van der Waals surface area contributed by atoms with Crippen LogP contribution in [0.4, 0.5) is 5.82 Å². The maximum absolute atomic E-state index is 13.0. The van der Waals surface area contributed by atoms with Gasteiger partial charge in [-0.05, 0) is 43.0 Å². The average molecular weight is 444 g/mol. The Hall–Kier alpha value is -3.75. The van der Waals surface area contributed by atoms with Crippen molar-refractivity contribution < 1.29 is 14.4 Å². The first kappa shape index (κ1) is 19.9. The molecule has 0 radical (unpaired) electrons. The summed E-state index contributed by atoms with van der Waals surface area (Å²) in [6, 6.07) is 7.38. The SMILES string of the molecule is O=C1CCC(N2Cc3cc(-c4nc5ncccn5c4NC4CCCC4)ccc3C2=O)C(=O)N1. The molecule has 2 aromatic heterocycles. The van der Waals surface area contributed by atoms with Crippen LogP contribution in [0.5, 0.6) is 0 Å². The van der Waals surface area contributed by atoms with E-state index >= 15 is 0 Å². The molecule has 2 aliphatic heterocycles. The van der Waals surface area contributed by atoms with Crippen molar-refractivity contribution in [1.82, 2.24) is 24.6 Å². The van der Waals surface area contributed by atoms with Crippen LogP contribution in [0.3, 0.4) is 0 Å². The molecule has 3 aromatic rings. The van der Waals surface area contributed by atoms with E-state index in [1.54, 1.807) is 11.1 Å². The average Bonchev–Trinajstić information content (AvgIpc) is 3.53. The van der Waals surface area contributed by atoms with Gasteiger partial charge in [-0.15, -0.1) is 0 Å². The molecule has 0 spiro atoms. The number of hydrogen-bond acceptors (Lipinski definition) is 6. The molecule has 3 amide bonds. The van der Waals surface area contributed by atoms with E-state index in [-0.39, 0.29) is 18.2 Å². The number of rotatable bonds is 4. The minimum Gasteiger partial charge on any atom is -0.367 e. The highest BCUT2D eigenvalue weighted by atomic mass is 16.2. The molecule has 168 valence electrons. The third-order valence-corrected chi connectivity index (χ3v) is 6.90. The van der Waals surface area contributed by atoms with E-state index in [1.165, 1.54) is 12.8 Å². The Kier molecular flexibility index (Phi) is 4.63. The van der Waals surface area contributed by atoms with Crippen molar-refractivity contribution >= 4 is 29.3 Å². The molecule has 1 atom stereocenters. The molecule has 1 saturated heterocycles. The molecular weight excluding hydrogens is 420 g/mol. The number of carbonyl (C=O) groups excluding carboxylic acids is 3. The van der Waals surface area contributed by atoms with Crippen molar-refractivity contribution in [3.8, 4) is 11.3 Å². The predicted octanol–water partition coefficient (Wildman–Crippen LogP) is 2.51. The van der Waals surface area contributed by atoms with Crippen LogP contribution in [0, 0.1) is 0 Å². The Balaban J connectivity index is 1.35. The lowest BCUT2D eigenvalue weighted by atomic mass is 10.0. The van der Waals surface area contributed by atoms with E-state index in [0.29, 0.717) is 30.3 Å². The Morgan fingerprint density at radius 1 is 1.09 bits per heavy atom. The summed E-state index contributed by atoms with van der Waals surface area (Å²) in [5.41, 5.74) is 3.16. The van der Waals surface area contributed by atoms with Crippen LogP contribution in [0.15, 0.2) is 36.7 Å². The number of carbonyl (C=O) groups is 3. The van der Waals surface area contributed by atoms with Gasteiger partial charge in [-0.25, -0.2) is 9.97 Å². The normalized spacial score (nSPS) is 21.0. The van der Waals surface area contributed by atoms with Crippen molar-refractivity contribution in [3.05, 3.63) is 47.8 Å². The van der Waals surface area contributed by atoms with Gasteiger partial charge in [0.2, 0.25) is 17.6 Å². The molecule has 2 N–H and O–H groups in total. The second kappa shape index (κ2) is 7.68. The van der Waals surface area contributed by atoms with Gasteiger partial charge in [-0.3, -0.25) is 24.1 Å². The fourth-order valence-electron chi connectivity index (χ4n) is 5.21. The molecule has 3 aliphatic rings. The van der Waals surface area contributed by atoms with Crippen LogP contribution in [0.25, 0.3) is 17.0 Å². The summed E-state index contributed by atoms with van der Waals surface area (Å²) in [5.74, 6) is 0.672. The highest BCUT2D eigenvalue weighted by Crippen LogP contribution is 2.35. The Bertz CT molecular complexity index is 1290. The molecular formula is C24H24N6O3. The maximum Gasteiger partial charge on any atom is 0.255 e. The number of anilines is 1. The van der Waals surface area contributed by atoms with Gasteiger partial charge in [-0.1, -0.05) is 18.9 Å². The van der Waals surface area contributed by atoms with E-state index < -0.39 is 11.9 Å². The van der Waals surface area contributed by atoms with Gasteiger partial charge in [0.25, 0.3) is 5.91 Å². The molecule has 6 rings (SSSR count). The zero-order valence-electron chi connectivity index (χ0n) is 18.1. The second-order valence-electron chi connectivity index (χ2n) is 9.00. The molecule has 9 nitrogen and oxygen atoms in total. The van der Waals surface area contributed by atoms with Crippen LogP contribution in [-0.4, -0.2) is 49.1 Å². The summed E-state index contributed by atoms with van der Waals surface area (Å²) in [6.07, 6.45) is 8.98. The van der Waals surface area contributed by atoms with E-state index in [1.807, 2.05) is 34.9 Å². The van der Waals surface area contributed by atoms with Gasteiger partial charge in [0, 0.05) is 42.5 Å². The first-order valence-electron chi connectivity index (χ1n) is 11.5. The zero-order chi connectivity index (χ0) is 22.5. The lowest BCUT2D eigenvalue weighted by Gasteiger charge is -2.29. The molecule has 1 unspecified atom stereocenters. The number of hydrogen-bond donors (Lipinski definition) is 2. The third-order valence-electron chi connectivity index (χ3n) is 6.90. The van der Waals surface area contributed by atoms with E-state index in [0.717, 1.165) is 35.5 Å². The van der Waals surface area contributed by atoms with Gasteiger partial charge in [0.1, 0.15) is 17.6 Å². The number of imidazole rings is 1. The number of nitrogens with zero attached hydrogens (tertiary/aromatic N) is 4. The Morgan fingerprint density at radius 3 is 2.76 bits per heavy atom. The summed E-state index contributed by atoms with van der Waals surface area (Å²) >= 11 is 0. The number of piperidine rings is 1. The topological polar surface area (TPSA) is 109 Å². The second-order valence-corrected chi connectivity index (χ2v) is 9.00. The fourth-order valence-corrected chi connectivity index (χ4v) is 5.21. The van der Waals surface area contributed by atoms with Crippen molar-refractivity contribution in [3.63, 3.8) is 0 Å². The maximum atomic E-state index is 13.0. The highest BCUT2D eigenvalue weighted by molar-refractivity contribution is 6.05. The monoisotopic (exact) mass is 444 g/mol. The Morgan fingerprint density at radius 2 is 1.94 bits per heavy atom. The number of amides is 3. The summed E-state index contributed by atoms with van der Waals surface area (Å²) in [5, 5.41) is 6.02. The lowest BCUT2D eigenvalue weighted by molar-refractivity contribution is -0.136. The van der Waals surface area contributed by atoms with Gasteiger partial charge >= 0.3 is 0 Å². The molecule has 2 fully saturated rings. The first-order chi connectivity index (χ1) is 16.1. The summed E-state index contributed by atoms with van der Waals surface area (Å²) in [6.45, 7) is 0.339. The minimum absolute atomic E-state index is 0.174. The van der Waals surface area contributed by atoms with Crippen LogP contribution >= 0.6 is 0 Å². The van der Waals surface area contributed by atoms with Crippen molar-refractivity contribution in [2.24, 2.45) is 0 Å². The van der Waals surface area contributed by atoms with Crippen LogP contribution in [-0.2, 0) is 16.1 Å². The number of aromatic nitrogens is 3. The van der Waals surface area contributed by atoms with Crippen molar-refractivity contribution in [2.75, 3.05) is 5.32 Å². The zero-order valence-corrected chi connectivity index (χ0v) is 18.1. The smallest absolute Gasteiger partial charge is 0.255 e. The molecule has 1 aliphatic carbocycles. The van der Waals surface area contributed by atoms with Crippen LogP contribution in [0.1, 0.15) is 54.4 Å². The standard InChI is InChI=1S/C24H24N6O3/c31-19-9-8-18(22(32)27-19)30-13-15-12-14(6-7-17(15)23(30)33)20-21(26-16-4-1-2-5-16)29-11-3-10-25-24(29)28-20/h3,6-7,10-12,16,18,26H,1-2,4-5,8-9,13H2,(H,27,31,32). The van der Waals surface area contributed by atoms with E-state index in [9.17, 15) is 14.4 Å². The molecule has 1 saturated carbocycles. The largest absolute Gasteiger partial charge is 0.367 e. The van der Waals surface area contributed by atoms with E-state index in [4.69, 9.17) is 4.98 Å². The minimum atomic E-state index is -0.620. The summed E-state index contributed by atoms with van der Waals surface area (Å²) in [4.78, 5) is 47.6. The number of benzene rings is 1. The highest BCUT2D eigenvalue weighted by Gasteiger charge is 2.39. The first-order valence-corrected chi connectivity index (χ1v) is 11.5. The van der Waals surface area contributed by atoms with Gasteiger partial charge in [0.15, 0.2) is 0 Å². The number of imide groups is 1. The Labute approximate surface area is 190 Å². The van der Waals surface area contributed by atoms with Crippen LogP contribution in [0.2, 0.25) is 0 Å². The van der Waals surface area contributed by atoms with Gasteiger partial charge in [-0.2, -0.15) is 0 Å². The van der Waals surface area contributed by atoms with Crippen molar-refractivity contribution in [1.29, 1.82) is 0 Å². The number of nitrogens with one attached hydrogen (secondary N) is 2. The lowest BCUT2D eigenvalue weighted by Crippen LogP contribution is -2.52. The van der Waals surface area contributed by atoms with Gasteiger partial charge < -0.3 is 10.2 Å². The van der Waals surface area contributed by atoms with Crippen LogP contribution < -0.4 is 10.6 Å². The third kappa shape index (κ3) is 3.35. The molecule has 4 heterocycles. The summed E-state index contributed by atoms with van der Waals surface area (Å²) < 4.78 is 1.97.